The van der Waals surface area contributed by atoms with E-state index in [2.05, 4.69) is 10.3 Å². The van der Waals surface area contributed by atoms with Gasteiger partial charge in [-0.05, 0) is 62.2 Å². The molecule has 0 radical (unpaired) electrons. The van der Waals surface area contributed by atoms with E-state index in [-0.39, 0.29) is 5.56 Å². The molecule has 0 saturated carbocycles. The Bertz CT molecular complexity index is 1050. The molecule has 3 aromatic rings. The molecular weight excluding hydrogens is 342 g/mol. The monoisotopic (exact) mass is 363 g/mol. The summed E-state index contributed by atoms with van der Waals surface area (Å²) in [6.07, 6.45) is 1.64. The number of hydrogen-bond donors (Lipinski definition) is 1. The van der Waals surface area contributed by atoms with Gasteiger partial charge in [0.1, 0.15) is 17.1 Å². The summed E-state index contributed by atoms with van der Waals surface area (Å²) < 4.78 is 6.75. The highest BCUT2D eigenvalue weighted by molar-refractivity contribution is 6.04. The maximum atomic E-state index is 13.1. The first-order chi connectivity index (χ1) is 12.9. The number of rotatable bonds is 4. The molecule has 6 nitrogen and oxygen atoms in total. The minimum absolute atomic E-state index is 0.0735. The second kappa shape index (κ2) is 7.45. The van der Waals surface area contributed by atoms with Gasteiger partial charge in [0.15, 0.2) is 0 Å². The van der Waals surface area contributed by atoms with Gasteiger partial charge < -0.3 is 10.1 Å². The van der Waals surface area contributed by atoms with E-state index in [1.165, 1.54) is 11.7 Å². The summed E-state index contributed by atoms with van der Waals surface area (Å²) in [6.45, 7) is 5.51. The van der Waals surface area contributed by atoms with Crippen LogP contribution in [-0.2, 0) is 0 Å². The fraction of sp³-hybridized carbons (Fsp3) is 0.190. The Morgan fingerprint density at radius 2 is 1.85 bits per heavy atom. The molecule has 0 bridgehead atoms. The fourth-order valence-corrected chi connectivity index (χ4v) is 3.01. The van der Waals surface area contributed by atoms with E-state index in [9.17, 15) is 9.59 Å². The Labute approximate surface area is 157 Å². The lowest BCUT2D eigenvalue weighted by atomic mass is 10.1. The minimum Gasteiger partial charge on any atom is -0.495 e. The number of aryl methyl sites for hydroxylation is 3. The molecule has 1 amide bonds. The molecule has 0 aliphatic rings. The number of amides is 1. The summed E-state index contributed by atoms with van der Waals surface area (Å²) in [7, 11) is 1.54. The summed E-state index contributed by atoms with van der Waals surface area (Å²) >= 11 is 0. The maximum Gasteiger partial charge on any atom is 0.268 e. The number of hydrogen-bond acceptors (Lipinski definition) is 4. The number of anilines is 1. The van der Waals surface area contributed by atoms with Crippen molar-refractivity contribution in [2.75, 3.05) is 12.4 Å². The third-order valence-electron chi connectivity index (χ3n) is 4.21. The SMILES string of the molecule is COc1ccccc1-n1ccc(C)c(C(=O)Nc2cc(C)cc(C)n2)c1=O. The van der Waals surface area contributed by atoms with Crippen LogP contribution in [0.5, 0.6) is 5.75 Å². The molecule has 0 spiro atoms. The van der Waals surface area contributed by atoms with Gasteiger partial charge in [0, 0.05) is 11.9 Å². The van der Waals surface area contributed by atoms with Crippen molar-refractivity contribution in [3.05, 3.63) is 81.4 Å². The Morgan fingerprint density at radius 1 is 1.11 bits per heavy atom. The number of nitrogens with one attached hydrogen (secondary N) is 1. The third kappa shape index (κ3) is 3.74. The van der Waals surface area contributed by atoms with Crippen molar-refractivity contribution in [2.24, 2.45) is 0 Å². The number of pyridine rings is 2. The predicted octanol–water partition coefficient (Wildman–Crippen LogP) is 3.42. The second-order valence-electron chi connectivity index (χ2n) is 6.35. The van der Waals surface area contributed by atoms with Gasteiger partial charge in [-0.1, -0.05) is 12.1 Å². The molecule has 0 aliphatic carbocycles. The summed E-state index contributed by atoms with van der Waals surface area (Å²) in [4.78, 5) is 30.2. The first kappa shape index (κ1) is 18.4. The Morgan fingerprint density at radius 3 is 2.56 bits per heavy atom. The number of carbonyl (C=O) groups excluding carboxylic acids is 1. The number of benzene rings is 1. The van der Waals surface area contributed by atoms with Crippen LogP contribution in [0, 0.1) is 20.8 Å². The van der Waals surface area contributed by atoms with Crippen molar-refractivity contribution in [2.45, 2.75) is 20.8 Å². The Balaban J connectivity index is 2.05. The predicted molar refractivity (Wildman–Crippen MR) is 105 cm³/mol. The van der Waals surface area contributed by atoms with Gasteiger partial charge in [-0.2, -0.15) is 0 Å². The molecule has 138 valence electrons. The van der Waals surface area contributed by atoms with E-state index >= 15 is 0 Å². The van der Waals surface area contributed by atoms with Gasteiger partial charge in [-0.25, -0.2) is 4.98 Å². The molecule has 2 heterocycles. The quantitative estimate of drug-likeness (QED) is 0.771. The van der Waals surface area contributed by atoms with Gasteiger partial charge in [0.25, 0.3) is 11.5 Å². The van der Waals surface area contributed by atoms with Crippen molar-refractivity contribution in [1.82, 2.24) is 9.55 Å². The highest BCUT2D eigenvalue weighted by atomic mass is 16.5. The smallest absolute Gasteiger partial charge is 0.268 e. The Hall–Kier alpha value is -3.41. The largest absolute Gasteiger partial charge is 0.495 e. The third-order valence-corrected chi connectivity index (χ3v) is 4.21. The van der Waals surface area contributed by atoms with E-state index in [4.69, 9.17) is 4.74 Å². The van der Waals surface area contributed by atoms with Gasteiger partial charge in [0.05, 0.1) is 12.8 Å². The van der Waals surface area contributed by atoms with Gasteiger partial charge >= 0.3 is 0 Å². The lowest BCUT2D eigenvalue weighted by Gasteiger charge is -2.13. The van der Waals surface area contributed by atoms with Crippen LogP contribution in [0.3, 0.4) is 0 Å². The van der Waals surface area contributed by atoms with Crippen molar-refractivity contribution in [1.29, 1.82) is 0 Å². The molecule has 0 saturated heterocycles. The molecule has 6 heteroatoms. The highest BCUT2D eigenvalue weighted by Gasteiger charge is 2.18. The molecule has 0 atom stereocenters. The highest BCUT2D eigenvalue weighted by Crippen LogP contribution is 2.21. The molecule has 0 unspecified atom stereocenters. The van der Waals surface area contributed by atoms with Crippen LogP contribution >= 0.6 is 0 Å². The Kier molecular flexibility index (Phi) is 5.07. The van der Waals surface area contributed by atoms with Crippen molar-refractivity contribution in [3.8, 4) is 11.4 Å². The lowest BCUT2D eigenvalue weighted by Crippen LogP contribution is -2.29. The van der Waals surface area contributed by atoms with E-state index in [0.29, 0.717) is 22.8 Å². The molecular formula is C21H21N3O3. The molecule has 3 rings (SSSR count). The van der Waals surface area contributed by atoms with Gasteiger partial charge in [-0.3, -0.25) is 14.2 Å². The standard InChI is InChI=1S/C21H21N3O3/c1-13-11-15(3)22-18(12-13)23-20(25)19-14(2)9-10-24(21(19)26)16-7-5-6-8-17(16)27-4/h5-12H,1-4H3,(H,22,23,25). The van der Waals surface area contributed by atoms with Gasteiger partial charge in [-0.15, -0.1) is 0 Å². The van der Waals surface area contributed by atoms with Crippen LogP contribution in [0.25, 0.3) is 5.69 Å². The zero-order chi connectivity index (χ0) is 19.6. The average Bonchev–Trinajstić information content (AvgIpc) is 2.61. The topological polar surface area (TPSA) is 73.2 Å². The summed E-state index contributed by atoms with van der Waals surface area (Å²) in [5.41, 5.74) is 2.60. The molecule has 1 aromatic carbocycles. The maximum absolute atomic E-state index is 13.1. The minimum atomic E-state index is -0.487. The number of methoxy groups -OCH3 is 1. The summed E-state index contributed by atoms with van der Waals surface area (Å²) in [5.74, 6) is 0.481. The van der Waals surface area contributed by atoms with E-state index in [1.807, 2.05) is 32.0 Å². The molecule has 2 aromatic heterocycles. The van der Waals surface area contributed by atoms with E-state index in [0.717, 1.165) is 11.3 Å². The molecule has 0 aliphatic heterocycles. The fourth-order valence-electron chi connectivity index (χ4n) is 3.01. The first-order valence-electron chi connectivity index (χ1n) is 8.53. The number of para-hydroxylation sites is 2. The van der Waals surface area contributed by atoms with Crippen LogP contribution in [0.1, 0.15) is 27.2 Å². The normalized spacial score (nSPS) is 10.5. The van der Waals surface area contributed by atoms with Crippen molar-refractivity contribution in [3.63, 3.8) is 0 Å². The first-order valence-corrected chi connectivity index (χ1v) is 8.53. The average molecular weight is 363 g/mol. The van der Waals surface area contributed by atoms with Crippen LogP contribution < -0.4 is 15.6 Å². The van der Waals surface area contributed by atoms with Crippen molar-refractivity contribution >= 4 is 11.7 Å². The van der Waals surface area contributed by atoms with E-state index < -0.39 is 11.5 Å². The molecule has 0 fully saturated rings. The second-order valence-corrected chi connectivity index (χ2v) is 6.35. The summed E-state index contributed by atoms with van der Waals surface area (Å²) in [5, 5.41) is 2.73. The number of nitrogens with zero attached hydrogens (tertiary/aromatic N) is 2. The zero-order valence-electron chi connectivity index (χ0n) is 15.7. The number of carbonyl (C=O) groups is 1. The van der Waals surface area contributed by atoms with Crippen molar-refractivity contribution < 1.29 is 9.53 Å². The summed E-state index contributed by atoms with van der Waals surface area (Å²) in [6, 6.07) is 12.6. The lowest BCUT2D eigenvalue weighted by molar-refractivity contribution is 0.102. The van der Waals surface area contributed by atoms with Crippen LogP contribution in [0.15, 0.2) is 53.5 Å². The van der Waals surface area contributed by atoms with Gasteiger partial charge in [0.2, 0.25) is 0 Å². The zero-order valence-corrected chi connectivity index (χ0v) is 15.7. The van der Waals surface area contributed by atoms with Crippen LogP contribution in [0.2, 0.25) is 0 Å². The number of ether oxygens (including phenoxy) is 1. The van der Waals surface area contributed by atoms with Crippen LogP contribution in [-0.4, -0.2) is 22.6 Å². The molecule has 27 heavy (non-hydrogen) atoms. The molecule has 1 N–H and O–H groups in total. The van der Waals surface area contributed by atoms with Crippen LogP contribution in [0.4, 0.5) is 5.82 Å². The number of aromatic nitrogens is 2. The van der Waals surface area contributed by atoms with E-state index in [1.54, 1.807) is 37.4 Å².